The van der Waals surface area contributed by atoms with E-state index in [1.165, 1.54) is 105 Å². The van der Waals surface area contributed by atoms with Crippen molar-refractivity contribution in [3.8, 4) is 67.0 Å². The van der Waals surface area contributed by atoms with Gasteiger partial charge >= 0.3 is 0 Å². The summed E-state index contributed by atoms with van der Waals surface area (Å²) in [5.74, 6) is 0. The minimum Gasteiger partial charge on any atom is -0.310 e. The van der Waals surface area contributed by atoms with Crippen molar-refractivity contribution in [2.45, 2.75) is 13.8 Å². The Morgan fingerprint density at radius 3 is 0.945 bits per heavy atom. The van der Waals surface area contributed by atoms with Gasteiger partial charge in [0.05, 0.1) is 44.8 Å². The molecule has 0 fully saturated rings. The molecule has 5 heteroatoms. The maximum Gasteiger partial charge on any atom is 0.252 e. The highest BCUT2D eigenvalue weighted by atomic mass is 15.2. The molecule has 0 bridgehead atoms. The molecule has 0 radical (unpaired) electrons. The number of nitrogens with zero attached hydrogens (tertiary/aromatic N) is 4. The van der Waals surface area contributed by atoms with Crippen LogP contribution in [0.4, 0.5) is 34.1 Å². The average molecular weight is 1160 g/mol. The zero-order chi connectivity index (χ0) is 60.3. The van der Waals surface area contributed by atoms with E-state index in [4.69, 9.17) is 0 Å². The van der Waals surface area contributed by atoms with Crippen LogP contribution in [0, 0.1) is 13.8 Å². The van der Waals surface area contributed by atoms with Crippen molar-refractivity contribution in [3.05, 3.63) is 333 Å². The number of aromatic nitrogens is 2. The van der Waals surface area contributed by atoms with E-state index < -0.39 is 0 Å². The van der Waals surface area contributed by atoms with E-state index in [-0.39, 0.29) is 6.71 Å². The van der Waals surface area contributed by atoms with Crippen LogP contribution in [0.25, 0.3) is 111 Å². The molecule has 0 saturated heterocycles. The lowest BCUT2D eigenvalue weighted by molar-refractivity contribution is 1.13. The first-order chi connectivity index (χ1) is 45.0. The molecule has 18 rings (SSSR count). The molecular weight excluding hydrogens is 1100 g/mol. The van der Waals surface area contributed by atoms with Crippen molar-refractivity contribution >= 4 is 101 Å². The first-order valence-electron chi connectivity index (χ1n) is 31.6. The summed E-state index contributed by atoms with van der Waals surface area (Å²) >= 11 is 0. The van der Waals surface area contributed by atoms with Crippen LogP contribution < -0.4 is 26.2 Å². The number of hydrogen-bond donors (Lipinski definition) is 0. The summed E-state index contributed by atoms with van der Waals surface area (Å²) in [5.41, 5.74) is 31.6. The minimum atomic E-state index is -0.189. The Hall–Kier alpha value is -11.7. The largest absolute Gasteiger partial charge is 0.310 e. The van der Waals surface area contributed by atoms with Gasteiger partial charge in [0.2, 0.25) is 0 Å². The van der Waals surface area contributed by atoms with E-state index in [0.29, 0.717) is 0 Å². The Kier molecular flexibility index (Phi) is 12.1. The summed E-state index contributed by atoms with van der Waals surface area (Å²) in [5, 5.41) is 4.95. The van der Waals surface area contributed by atoms with Gasteiger partial charge in [-0.05, 0) is 159 Å². The van der Waals surface area contributed by atoms with Crippen LogP contribution in [0.3, 0.4) is 0 Å². The van der Waals surface area contributed by atoms with Gasteiger partial charge in [-0.25, -0.2) is 0 Å². The van der Waals surface area contributed by atoms with E-state index in [9.17, 15) is 0 Å². The van der Waals surface area contributed by atoms with Crippen LogP contribution in [-0.2, 0) is 0 Å². The number of para-hydroxylation sites is 6. The normalized spacial score (nSPS) is 12.4. The topological polar surface area (TPSA) is 16.3 Å². The molecule has 0 saturated carbocycles. The van der Waals surface area contributed by atoms with Gasteiger partial charge in [-0.1, -0.05) is 249 Å². The lowest BCUT2D eigenvalue weighted by Crippen LogP contribution is -2.62. The van der Waals surface area contributed by atoms with Gasteiger partial charge in [-0.15, -0.1) is 0 Å². The molecular formula is C86H59BN4. The summed E-state index contributed by atoms with van der Waals surface area (Å²) in [6, 6.07) is 119. The Balaban J connectivity index is 0.978. The van der Waals surface area contributed by atoms with Crippen LogP contribution in [0.1, 0.15) is 11.1 Å². The molecule has 0 spiro atoms. The SMILES string of the molecule is Cc1c(-n2c3ccccc3c3ccccc32)ccc2c1N(c1ccccc1-c1cccc(-c3ccccc3)c1)c1cc(-c3ccccc3)cc3c1B2c1ccc(-n2c4ccccc4c4ccccc42)c(C)c1N3c1ccccc1-c1cccc(-c2ccccc2)c1. The van der Waals surface area contributed by atoms with Crippen molar-refractivity contribution in [1.29, 1.82) is 0 Å². The third-order valence-corrected chi connectivity index (χ3v) is 19.4. The molecule has 2 aromatic heterocycles. The Morgan fingerprint density at radius 1 is 0.231 bits per heavy atom. The van der Waals surface area contributed by atoms with Crippen LogP contribution >= 0.6 is 0 Å². The predicted molar refractivity (Wildman–Crippen MR) is 386 cm³/mol. The van der Waals surface area contributed by atoms with Gasteiger partial charge in [-0.3, -0.25) is 0 Å². The highest BCUT2D eigenvalue weighted by Crippen LogP contribution is 2.53. The second kappa shape index (κ2) is 21.0. The zero-order valence-electron chi connectivity index (χ0n) is 50.5. The molecule has 91 heavy (non-hydrogen) atoms. The summed E-state index contributed by atoms with van der Waals surface area (Å²) in [4.78, 5) is 5.32. The maximum atomic E-state index is 2.66. The first-order valence-corrected chi connectivity index (χ1v) is 31.6. The van der Waals surface area contributed by atoms with E-state index in [1.807, 2.05) is 0 Å². The standard InChI is InChI=1S/C86H59BN4/c1-56-74(88-78-44-20-14-38-68(78)69-39-15-21-45-79(69)88)50-48-72-85(56)90(76-42-18-12-36-66(76)63-34-24-32-61(52-63)58-26-6-3-7-27-58)82-54-65(60-30-10-5-11-31-60)55-83-84(82)87(72)73-49-51-75(89-80-46-22-16-40-70(80)71-41-17-23-47-81(71)89)57(2)86(73)91(83)77-43-19-13-37-67(77)64-35-25-33-62(53-64)59-28-8-4-9-29-59/h3-55H,1-2H3. The maximum absolute atomic E-state index is 2.66. The second-order valence-corrected chi connectivity index (χ2v) is 24.4. The third-order valence-electron chi connectivity index (χ3n) is 19.4. The third kappa shape index (κ3) is 8.17. The zero-order valence-corrected chi connectivity index (χ0v) is 50.5. The van der Waals surface area contributed by atoms with Crippen molar-refractivity contribution in [3.63, 3.8) is 0 Å². The Labute approximate surface area is 530 Å². The van der Waals surface area contributed by atoms with E-state index in [2.05, 4.69) is 354 Å². The smallest absolute Gasteiger partial charge is 0.252 e. The fourth-order valence-corrected chi connectivity index (χ4v) is 15.5. The molecule has 0 N–H and O–H groups in total. The van der Waals surface area contributed by atoms with Crippen molar-refractivity contribution in [2.24, 2.45) is 0 Å². The lowest BCUT2D eigenvalue weighted by Gasteiger charge is -2.46. The van der Waals surface area contributed by atoms with Crippen LogP contribution in [-0.4, -0.2) is 15.8 Å². The summed E-state index contributed by atoms with van der Waals surface area (Å²) < 4.78 is 5.02. The van der Waals surface area contributed by atoms with Gasteiger partial charge in [-0.2, -0.15) is 0 Å². The highest BCUT2D eigenvalue weighted by molar-refractivity contribution is 7.00. The molecule has 4 heterocycles. The fraction of sp³-hybridized carbons (Fsp3) is 0.0233. The lowest BCUT2D eigenvalue weighted by atomic mass is 9.33. The predicted octanol–water partition coefficient (Wildman–Crippen LogP) is 20.9. The van der Waals surface area contributed by atoms with Gasteiger partial charge in [0.1, 0.15) is 0 Å². The van der Waals surface area contributed by atoms with E-state index in [0.717, 1.165) is 67.5 Å². The molecule has 426 valence electrons. The number of anilines is 6. The summed E-state index contributed by atoms with van der Waals surface area (Å²) in [6.45, 7) is 4.57. The van der Waals surface area contributed by atoms with Crippen molar-refractivity contribution in [2.75, 3.05) is 9.80 Å². The second-order valence-electron chi connectivity index (χ2n) is 24.4. The highest BCUT2D eigenvalue weighted by Gasteiger charge is 2.46. The van der Waals surface area contributed by atoms with Gasteiger partial charge in [0.15, 0.2) is 0 Å². The molecule has 14 aromatic carbocycles. The fourth-order valence-electron chi connectivity index (χ4n) is 15.5. The molecule has 2 aliphatic heterocycles. The van der Waals surface area contributed by atoms with Crippen molar-refractivity contribution in [1.82, 2.24) is 9.13 Å². The first kappa shape index (κ1) is 52.5. The quantitative estimate of drug-likeness (QED) is 0.134. The molecule has 2 aliphatic rings. The van der Waals surface area contributed by atoms with Gasteiger partial charge in [0, 0.05) is 55.4 Å². The summed E-state index contributed by atoms with van der Waals surface area (Å²) in [6.07, 6.45) is 0. The molecule has 4 nitrogen and oxygen atoms in total. The monoisotopic (exact) mass is 1160 g/mol. The molecule has 0 amide bonds. The van der Waals surface area contributed by atoms with E-state index in [1.54, 1.807) is 0 Å². The Morgan fingerprint density at radius 2 is 0.549 bits per heavy atom. The van der Waals surface area contributed by atoms with Gasteiger partial charge < -0.3 is 18.9 Å². The number of rotatable bonds is 9. The van der Waals surface area contributed by atoms with Crippen LogP contribution in [0.2, 0.25) is 0 Å². The number of hydrogen-bond acceptors (Lipinski definition) is 2. The van der Waals surface area contributed by atoms with E-state index >= 15 is 0 Å². The van der Waals surface area contributed by atoms with Crippen molar-refractivity contribution < 1.29 is 0 Å². The molecule has 0 atom stereocenters. The van der Waals surface area contributed by atoms with Crippen LogP contribution in [0.15, 0.2) is 322 Å². The molecule has 0 aliphatic carbocycles. The van der Waals surface area contributed by atoms with Crippen LogP contribution in [0.5, 0.6) is 0 Å². The molecule has 16 aromatic rings. The van der Waals surface area contributed by atoms with Gasteiger partial charge in [0.25, 0.3) is 6.71 Å². The Bertz CT molecular complexity index is 5160. The number of benzene rings is 14. The summed E-state index contributed by atoms with van der Waals surface area (Å²) in [7, 11) is 0. The average Bonchev–Trinajstić information content (AvgIpc) is 0.915. The number of fused-ring (bicyclic) bond motifs is 10. The minimum absolute atomic E-state index is 0.189. The molecule has 0 unspecified atom stereocenters.